The molecule has 0 aliphatic carbocycles. The van der Waals surface area contributed by atoms with Gasteiger partial charge >= 0.3 is 0 Å². The lowest BCUT2D eigenvalue weighted by Crippen LogP contribution is -2.31. The van der Waals surface area contributed by atoms with E-state index in [0.717, 1.165) is 6.54 Å². The quantitative estimate of drug-likeness (QED) is 0.792. The first-order chi connectivity index (χ1) is 8.04. The molecule has 17 heavy (non-hydrogen) atoms. The fourth-order valence-corrected chi connectivity index (χ4v) is 1.31. The van der Waals surface area contributed by atoms with Gasteiger partial charge in [-0.15, -0.1) is 0 Å². The Morgan fingerprint density at radius 3 is 2.76 bits per heavy atom. The molecule has 0 spiro atoms. The van der Waals surface area contributed by atoms with Crippen LogP contribution in [-0.2, 0) is 0 Å². The molecule has 1 rings (SSSR count). The van der Waals surface area contributed by atoms with Gasteiger partial charge in [-0.3, -0.25) is 4.79 Å². The van der Waals surface area contributed by atoms with Gasteiger partial charge in [-0.05, 0) is 32.3 Å². The van der Waals surface area contributed by atoms with E-state index in [9.17, 15) is 9.90 Å². The molecule has 0 aliphatic rings. The van der Waals surface area contributed by atoms with Crippen molar-refractivity contribution < 1.29 is 14.6 Å². The van der Waals surface area contributed by atoms with Crippen LogP contribution in [-0.4, -0.2) is 50.2 Å². The summed E-state index contributed by atoms with van der Waals surface area (Å²) in [6.07, 6.45) is 0. The summed E-state index contributed by atoms with van der Waals surface area (Å²) in [5, 5.41) is 12.2. The Morgan fingerprint density at radius 1 is 1.47 bits per heavy atom. The van der Waals surface area contributed by atoms with Gasteiger partial charge in [0, 0.05) is 18.7 Å². The second kappa shape index (κ2) is 6.10. The Hall–Kier alpha value is -1.75. The van der Waals surface area contributed by atoms with E-state index >= 15 is 0 Å². The van der Waals surface area contributed by atoms with Crippen LogP contribution in [0.2, 0.25) is 0 Å². The molecule has 1 amide bonds. The number of aromatic hydroxyl groups is 1. The molecule has 0 bridgehead atoms. The Balaban J connectivity index is 2.63. The summed E-state index contributed by atoms with van der Waals surface area (Å²) in [4.78, 5) is 13.7. The van der Waals surface area contributed by atoms with Crippen LogP contribution >= 0.6 is 0 Å². The lowest BCUT2D eigenvalue weighted by Gasteiger charge is -2.11. The Morgan fingerprint density at radius 2 is 2.18 bits per heavy atom. The number of hydrogen-bond acceptors (Lipinski definition) is 4. The number of nitrogens with one attached hydrogen (secondary N) is 1. The van der Waals surface area contributed by atoms with E-state index in [2.05, 4.69) is 5.32 Å². The number of amides is 1. The highest BCUT2D eigenvalue weighted by Crippen LogP contribution is 2.26. The number of phenolic OH excluding ortho intramolecular Hbond substituents is 1. The van der Waals surface area contributed by atoms with Crippen molar-refractivity contribution in [3.8, 4) is 11.5 Å². The van der Waals surface area contributed by atoms with Gasteiger partial charge in [0.15, 0.2) is 11.5 Å². The number of likely N-dealkylation sites (N-methyl/N-ethyl adjacent to an activating group) is 1. The third kappa shape index (κ3) is 3.96. The number of methoxy groups -OCH3 is 1. The van der Waals surface area contributed by atoms with Crippen LogP contribution in [0.15, 0.2) is 18.2 Å². The Bertz CT molecular complexity index is 391. The van der Waals surface area contributed by atoms with E-state index in [-0.39, 0.29) is 11.7 Å². The van der Waals surface area contributed by atoms with E-state index in [1.165, 1.54) is 19.2 Å². The van der Waals surface area contributed by atoms with Gasteiger partial charge < -0.3 is 20.1 Å². The number of phenols is 1. The lowest BCUT2D eigenvalue weighted by atomic mass is 10.2. The van der Waals surface area contributed by atoms with E-state index in [0.29, 0.717) is 17.9 Å². The summed E-state index contributed by atoms with van der Waals surface area (Å²) in [5.41, 5.74) is 0.471. The maximum atomic E-state index is 11.7. The first kappa shape index (κ1) is 13.3. The standard InChI is InChI=1S/C12H18N2O3/c1-14(2)7-6-13-12(16)9-4-5-10(15)11(8-9)17-3/h4-5,8,15H,6-7H2,1-3H3,(H,13,16). The zero-order valence-corrected chi connectivity index (χ0v) is 10.4. The van der Waals surface area contributed by atoms with Crippen molar-refractivity contribution in [1.29, 1.82) is 0 Å². The molecule has 0 aromatic heterocycles. The number of ether oxygens (including phenoxy) is 1. The van der Waals surface area contributed by atoms with Crippen molar-refractivity contribution in [3.05, 3.63) is 23.8 Å². The van der Waals surface area contributed by atoms with Crippen molar-refractivity contribution in [2.75, 3.05) is 34.3 Å². The van der Waals surface area contributed by atoms with Crippen molar-refractivity contribution in [1.82, 2.24) is 10.2 Å². The van der Waals surface area contributed by atoms with Crippen LogP contribution in [0.5, 0.6) is 11.5 Å². The van der Waals surface area contributed by atoms with Crippen molar-refractivity contribution in [2.24, 2.45) is 0 Å². The molecule has 0 radical (unpaired) electrons. The van der Waals surface area contributed by atoms with Gasteiger partial charge in [0.1, 0.15) is 0 Å². The highest BCUT2D eigenvalue weighted by atomic mass is 16.5. The van der Waals surface area contributed by atoms with E-state index in [4.69, 9.17) is 4.74 Å². The monoisotopic (exact) mass is 238 g/mol. The molecule has 2 N–H and O–H groups in total. The Labute approximate surface area is 101 Å². The minimum atomic E-state index is -0.176. The predicted molar refractivity (Wildman–Crippen MR) is 65.5 cm³/mol. The third-order valence-electron chi connectivity index (χ3n) is 2.29. The second-order valence-electron chi connectivity index (χ2n) is 3.95. The number of carbonyl (C=O) groups excluding carboxylic acids is 1. The summed E-state index contributed by atoms with van der Waals surface area (Å²) in [6.45, 7) is 1.36. The maximum absolute atomic E-state index is 11.7. The van der Waals surface area contributed by atoms with Crippen LogP contribution < -0.4 is 10.1 Å². The van der Waals surface area contributed by atoms with Gasteiger partial charge in [-0.2, -0.15) is 0 Å². The molecule has 94 valence electrons. The number of benzene rings is 1. The molecule has 0 atom stereocenters. The van der Waals surface area contributed by atoms with Crippen molar-refractivity contribution in [2.45, 2.75) is 0 Å². The van der Waals surface area contributed by atoms with E-state index in [1.807, 2.05) is 19.0 Å². The lowest BCUT2D eigenvalue weighted by molar-refractivity contribution is 0.0950. The van der Waals surface area contributed by atoms with Crippen molar-refractivity contribution >= 4 is 5.91 Å². The molecule has 0 aliphatic heterocycles. The number of rotatable bonds is 5. The molecular weight excluding hydrogens is 220 g/mol. The molecule has 0 saturated heterocycles. The molecule has 1 aromatic rings. The predicted octanol–water partition coefficient (Wildman–Crippen LogP) is 0.692. The third-order valence-corrected chi connectivity index (χ3v) is 2.29. The first-order valence-corrected chi connectivity index (χ1v) is 5.34. The summed E-state index contributed by atoms with van der Waals surface area (Å²) in [6, 6.07) is 4.52. The van der Waals surface area contributed by atoms with Crippen LogP contribution in [0.1, 0.15) is 10.4 Å². The molecule has 5 nitrogen and oxygen atoms in total. The smallest absolute Gasteiger partial charge is 0.251 e. The topological polar surface area (TPSA) is 61.8 Å². The minimum absolute atomic E-state index is 0.0253. The molecule has 0 heterocycles. The maximum Gasteiger partial charge on any atom is 0.251 e. The molecule has 5 heteroatoms. The largest absolute Gasteiger partial charge is 0.504 e. The molecular formula is C12H18N2O3. The zero-order valence-electron chi connectivity index (χ0n) is 10.4. The molecule has 1 aromatic carbocycles. The summed E-state index contributed by atoms with van der Waals surface area (Å²) < 4.78 is 4.94. The van der Waals surface area contributed by atoms with E-state index < -0.39 is 0 Å². The Kier molecular flexibility index (Phi) is 4.78. The highest BCUT2D eigenvalue weighted by Gasteiger charge is 2.09. The van der Waals surface area contributed by atoms with Crippen LogP contribution in [0.3, 0.4) is 0 Å². The normalized spacial score (nSPS) is 10.4. The van der Waals surface area contributed by atoms with Gasteiger partial charge in [0.2, 0.25) is 0 Å². The summed E-state index contributed by atoms with van der Waals surface area (Å²) in [7, 11) is 5.33. The van der Waals surface area contributed by atoms with Gasteiger partial charge in [0.05, 0.1) is 7.11 Å². The van der Waals surface area contributed by atoms with Crippen LogP contribution in [0.25, 0.3) is 0 Å². The SMILES string of the molecule is COc1cc(C(=O)NCCN(C)C)ccc1O. The number of hydrogen-bond donors (Lipinski definition) is 2. The molecule has 0 fully saturated rings. The summed E-state index contributed by atoms with van der Waals surface area (Å²) in [5.74, 6) is 0.146. The van der Waals surface area contributed by atoms with E-state index in [1.54, 1.807) is 6.07 Å². The van der Waals surface area contributed by atoms with Crippen LogP contribution in [0.4, 0.5) is 0 Å². The molecule has 0 unspecified atom stereocenters. The fourth-order valence-electron chi connectivity index (χ4n) is 1.31. The second-order valence-corrected chi connectivity index (χ2v) is 3.95. The average Bonchev–Trinajstić information content (AvgIpc) is 2.29. The van der Waals surface area contributed by atoms with Crippen LogP contribution in [0, 0.1) is 0 Å². The summed E-state index contributed by atoms with van der Waals surface area (Å²) >= 11 is 0. The van der Waals surface area contributed by atoms with Gasteiger partial charge in [-0.25, -0.2) is 0 Å². The first-order valence-electron chi connectivity index (χ1n) is 5.34. The zero-order chi connectivity index (χ0) is 12.8. The fraction of sp³-hybridized carbons (Fsp3) is 0.417. The number of carbonyl (C=O) groups is 1. The average molecular weight is 238 g/mol. The number of nitrogens with zero attached hydrogens (tertiary/aromatic N) is 1. The molecule has 0 saturated carbocycles. The minimum Gasteiger partial charge on any atom is -0.504 e. The van der Waals surface area contributed by atoms with Gasteiger partial charge in [-0.1, -0.05) is 0 Å². The van der Waals surface area contributed by atoms with Gasteiger partial charge in [0.25, 0.3) is 5.91 Å². The van der Waals surface area contributed by atoms with Crippen molar-refractivity contribution in [3.63, 3.8) is 0 Å². The highest BCUT2D eigenvalue weighted by molar-refractivity contribution is 5.94.